The van der Waals surface area contributed by atoms with Gasteiger partial charge < -0.3 is 0 Å². The van der Waals surface area contributed by atoms with Crippen LogP contribution < -0.4 is 4.90 Å². The van der Waals surface area contributed by atoms with Crippen molar-refractivity contribution in [2.45, 2.75) is 13.8 Å². The van der Waals surface area contributed by atoms with E-state index in [0.29, 0.717) is 5.69 Å². The van der Waals surface area contributed by atoms with E-state index in [0.717, 1.165) is 19.6 Å². The van der Waals surface area contributed by atoms with Gasteiger partial charge in [-0.3, -0.25) is 9.59 Å². The molecule has 2 amide bonds. The Kier molecular flexibility index (Phi) is 3.86. The third-order valence-electron chi connectivity index (χ3n) is 3.31. The monoisotopic (exact) mass is 447 g/mol. The van der Waals surface area contributed by atoms with Gasteiger partial charge in [-0.2, -0.15) is 0 Å². The molecule has 2 aromatic rings. The number of anilines is 1. The second kappa shape index (κ2) is 5.43. The van der Waals surface area contributed by atoms with Gasteiger partial charge in [0.15, 0.2) is 21.7 Å². The molecule has 2 heterocycles. The number of halogens is 3. The lowest BCUT2D eigenvalue weighted by molar-refractivity contribution is 0.0923. The third-order valence-corrected chi connectivity index (χ3v) is 4.55. The molecule has 0 saturated heterocycles. The molecular weight excluding hydrogens is 440 g/mol. The minimum absolute atomic E-state index is 0.0725. The van der Waals surface area contributed by atoms with Gasteiger partial charge in [0.2, 0.25) is 0 Å². The van der Waals surface area contributed by atoms with Crippen molar-refractivity contribution in [2.24, 2.45) is 0 Å². The van der Waals surface area contributed by atoms with Gasteiger partial charge in [-0.15, -0.1) is 0 Å². The fourth-order valence-electron chi connectivity index (χ4n) is 2.46. The third kappa shape index (κ3) is 2.29. The fraction of sp³-hybridized carbons (Fsp3) is 0.143. The maximum Gasteiger partial charge on any atom is 0.286 e. The van der Waals surface area contributed by atoms with Gasteiger partial charge in [-0.25, -0.2) is 14.9 Å². The van der Waals surface area contributed by atoms with Gasteiger partial charge in [0.25, 0.3) is 11.8 Å². The molecule has 3 rings (SSSR count). The van der Waals surface area contributed by atoms with Crippen LogP contribution >= 0.6 is 45.8 Å². The minimum atomic E-state index is -0.543. The van der Waals surface area contributed by atoms with Gasteiger partial charge >= 0.3 is 0 Å². The van der Waals surface area contributed by atoms with Crippen LogP contribution in [0.25, 0.3) is 0 Å². The molecule has 8 heteroatoms. The molecule has 0 N–H and O–H groups in total. The molecule has 112 valence electrons. The Hall–Kier alpha value is -1.25. The van der Waals surface area contributed by atoms with Crippen molar-refractivity contribution in [3.8, 4) is 0 Å². The van der Waals surface area contributed by atoms with Gasteiger partial charge in [0, 0.05) is 3.57 Å². The van der Waals surface area contributed by atoms with Crippen LogP contribution in [0.15, 0.2) is 12.1 Å². The Labute approximate surface area is 149 Å². The number of carbonyl (C=O) groups is 2. The summed E-state index contributed by atoms with van der Waals surface area (Å²) in [6.07, 6.45) is 0. The molecule has 0 atom stereocenters. The number of rotatable bonds is 1. The lowest BCUT2D eigenvalue weighted by atomic mass is 10.1. The highest BCUT2D eigenvalue weighted by atomic mass is 127. The summed E-state index contributed by atoms with van der Waals surface area (Å²) in [6, 6.07) is 3.79. The van der Waals surface area contributed by atoms with E-state index in [1.54, 1.807) is 0 Å². The molecule has 0 saturated carbocycles. The van der Waals surface area contributed by atoms with Gasteiger partial charge in [-0.05, 0) is 59.7 Å². The van der Waals surface area contributed by atoms with Crippen molar-refractivity contribution in [1.82, 2.24) is 9.97 Å². The lowest BCUT2D eigenvalue weighted by Crippen LogP contribution is -2.31. The second-order valence-corrected chi connectivity index (χ2v) is 6.80. The average Bonchev–Trinajstić information content (AvgIpc) is 2.64. The zero-order valence-corrected chi connectivity index (χ0v) is 15.1. The fourth-order valence-corrected chi connectivity index (χ4v) is 3.64. The molecule has 0 bridgehead atoms. The summed E-state index contributed by atoms with van der Waals surface area (Å²) in [5.41, 5.74) is 2.03. The van der Waals surface area contributed by atoms with Gasteiger partial charge in [0.1, 0.15) is 0 Å². The van der Waals surface area contributed by atoms with Crippen LogP contribution in [0.1, 0.15) is 32.1 Å². The number of aryl methyl sites for hydroxylation is 2. The number of aromatic nitrogens is 2. The number of nitrogens with zero attached hydrogens (tertiary/aromatic N) is 3. The highest BCUT2D eigenvalue weighted by Crippen LogP contribution is 2.34. The number of hydrogen-bond acceptors (Lipinski definition) is 4. The second-order valence-electron chi connectivity index (χ2n) is 4.84. The molecule has 5 nitrogen and oxygen atoms in total. The molecule has 0 fully saturated rings. The first-order valence-corrected chi connectivity index (χ1v) is 8.03. The summed E-state index contributed by atoms with van der Waals surface area (Å²) in [4.78, 5) is 34.0. The van der Waals surface area contributed by atoms with E-state index in [4.69, 9.17) is 23.2 Å². The van der Waals surface area contributed by atoms with Crippen LogP contribution in [0.2, 0.25) is 10.3 Å². The summed E-state index contributed by atoms with van der Waals surface area (Å²) < 4.78 is 1.02. The first-order chi connectivity index (χ1) is 10.3. The molecule has 1 aromatic heterocycles. The summed E-state index contributed by atoms with van der Waals surface area (Å²) in [5.74, 6) is -1.09. The zero-order chi connectivity index (χ0) is 16.2. The van der Waals surface area contributed by atoms with E-state index in [9.17, 15) is 9.59 Å². The Morgan fingerprint density at radius 3 is 1.77 bits per heavy atom. The number of carbonyl (C=O) groups excluding carboxylic acids is 2. The molecule has 22 heavy (non-hydrogen) atoms. The molecule has 0 radical (unpaired) electrons. The van der Waals surface area contributed by atoms with Crippen LogP contribution in [0.3, 0.4) is 0 Å². The SMILES string of the molecule is Cc1cc(I)cc(C)c1N1C(=O)c2nc(Cl)c(Cl)nc2C1=O. The molecule has 1 aliphatic heterocycles. The van der Waals surface area contributed by atoms with Crippen molar-refractivity contribution < 1.29 is 9.59 Å². The van der Waals surface area contributed by atoms with E-state index in [1.807, 2.05) is 26.0 Å². The normalized spacial score (nSPS) is 13.8. The number of hydrogen-bond donors (Lipinski definition) is 0. The highest BCUT2D eigenvalue weighted by molar-refractivity contribution is 14.1. The topological polar surface area (TPSA) is 63.2 Å². The Morgan fingerprint density at radius 1 is 0.955 bits per heavy atom. The largest absolute Gasteiger partial charge is 0.286 e. The number of imide groups is 1. The van der Waals surface area contributed by atoms with E-state index in [-0.39, 0.29) is 21.7 Å². The Bertz CT molecular complexity index is 790. The van der Waals surface area contributed by atoms with Crippen molar-refractivity contribution in [3.05, 3.63) is 48.5 Å². The van der Waals surface area contributed by atoms with E-state index < -0.39 is 11.8 Å². The zero-order valence-electron chi connectivity index (χ0n) is 11.4. The molecule has 0 aliphatic carbocycles. The smallest absolute Gasteiger partial charge is 0.266 e. The van der Waals surface area contributed by atoms with Crippen molar-refractivity contribution >= 4 is 63.3 Å². The quantitative estimate of drug-likeness (QED) is 0.492. The maximum atomic E-state index is 12.6. The van der Waals surface area contributed by atoms with E-state index >= 15 is 0 Å². The molecule has 0 spiro atoms. The molecule has 1 aromatic carbocycles. The first-order valence-electron chi connectivity index (χ1n) is 6.20. The predicted molar refractivity (Wildman–Crippen MR) is 91.8 cm³/mol. The Morgan fingerprint density at radius 2 is 1.36 bits per heavy atom. The van der Waals surface area contributed by atoms with E-state index in [1.165, 1.54) is 0 Å². The number of benzene rings is 1. The summed E-state index contributed by atoms with van der Waals surface area (Å²) in [7, 11) is 0. The summed E-state index contributed by atoms with van der Waals surface area (Å²) in [6.45, 7) is 3.68. The van der Waals surface area contributed by atoms with Crippen LogP contribution in [-0.2, 0) is 0 Å². The average molecular weight is 448 g/mol. The Balaban J connectivity index is 2.20. The lowest BCUT2D eigenvalue weighted by Gasteiger charge is -2.19. The van der Waals surface area contributed by atoms with Crippen LogP contribution in [0.4, 0.5) is 5.69 Å². The van der Waals surface area contributed by atoms with E-state index in [2.05, 4.69) is 32.6 Å². The van der Waals surface area contributed by atoms with Crippen LogP contribution in [0, 0.1) is 17.4 Å². The van der Waals surface area contributed by atoms with Crippen molar-refractivity contribution in [1.29, 1.82) is 0 Å². The summed E-state index contributed by atoms with van der Waals surface area (Å²) in [5, 5.41) is -0.195. The molecule has 1 aliphatic rings. The number of fused-ring (bicyclic) bond motifs is 1. The van der Waals surface area contributed by atoms with Crippen LogP contribution in [0.5, 0.6) is 0 Å². The first kappa shape index (κ1) is 15.6. The number of amides is 2. The minimum Gasteiger partial charge on any atom is -0.266 e. The highest BCUT2D eigenvalue weighted by Gasteiger charge is 2.41. The van der Waals surface area contributed by atoms with Gasteiger partial charge in [-0.1, -0.05) is 23.2 Å². The van der Waals surface area contributed by atoms with Crippen molar-refractivity contribution in [2.75, 3.05) is 4.90 Å². The summed E-state index contributed by atoms with van der Waals surface area (Å²) >= 11 is 13.8. The molecular formula is C14H8Cl2IN3O2. The maximum absolute atomic E-state index is 12.6. The predicted octanol–water partition coefficient (Wildman–Crippen LogP) is 3.81. The molecule has 0 unspecified atom stereocenters. The standard InChI is InChI=1S/C14H8Cl2IN3O2/c1-5-3-7(17)4-6(2)10(5)20-13(21)8-9(14(20)22)19-12(16)11(15)18-8/h3-4H,1-2H3. The van der Waals surface area contributed by atoms with Crippen LogP contribution in [-0.4, -0.2) is 21.8 Å². The van der Waals surface area contributed by atoms with Crippen molar-refractivity contribution in [3.63, 3.8) is 0 Å². The van der Waals surface area contributed by atoms with Gasteiger partial charge in [0.05, 0.1) is 5.69 Å².